The molecule has 3 rings (SSSR count). The van der Waals surface area contributed by atoms with Gasteiger partial charge in [-0.1, -0.05) is 31.0 Å². The van der Waals surface area contributed by atoms with Crippen molar-refractivity contribution >= 4 is 25.7 Å². The number of hydrogen-bond acceptors (Lipinski definition) is 7. The number of sulfonamides is 2. The minimum absolute atomic E-state index is 0.178. The van der Waals surface area contributed by atoms with Gasteiger partial charge in [-0.3, -0.25) is 0 Å². The second-order valence-corrected chi connectivity index (χ2v) is 12.1. The van der Waals surface area contributed by atoms with E-state index in [2.05, 4.69) is 0 Å². The van der Waals surface area contributed by atoms with Gasteiger partial charge in [-0.25, -0.2) is 9.53 Å². The molecular formula is C20H22F6N2O7S2. The molecule has 0 saturated heterocycles. The Hall–Kier alpha value is -2.53. The first-order valence-corrected chi connectivity index (χ1v) is 13.6. The van der Waals surface area contributed by atoms with E-state index in [1.807, 2.05) is 0 Å². The predicted molar refractivity (Wildman–Crippen MR) is 118 cm³/mol. The number of alkyl halides is 6. The first-order valence-electron chi connectivity index (χ1n) is 10.7. The quantitative estimate of drug-likeness (QED) is 0.455. The topological polar surface area (TPSA) is 116 Å². The lowest BCUT2D eigenvalue weighted by molar-refractivity contribution is -0.0462. The van der Waals surface area contributed by atoms with Crippen LogP contribution >= 0.6 is 0 Å². The molecule has 2 atom stereocenters. The van der Waals surface area contributed by atoms with E-state index in [0.717, 1.165) is 31.0 Å². The number of para-hydroxylation sites is 1. The number of anilines is 1. The van der Waals surface area contributed by atoms with E-state index in [1.165, 1.54) is 18.8 Å². The van der Waals surface area contributed by atoms with Crippen LogP contribution in [-0.4, -0.2) is 45.8 Å². The van der Waals surface area contributed by atoms with Gasteiger partial charge in [0.15, 0.2) is 0 Å². The van der Waals surface area contributed by atoms with Crippen LogP contribution in [0, 0.1) is 6.92 Å². The van der Waals surface area contributed by atoms with Crippen LogP contribution in [0.5, 0.6) is 0 Å². The van der Waals surface area contributed by atoms with Crippen LogP contribution < -0.4 is 9.34 Å². The smallest absolute Gasteiger partial charge is 0.379 e. The van der Waals surface area contributed by atoms with E-state index in [1.54, 1.807) is 0 Å². The second kappa shape index (κ2) is 9.98. The minimum atomic E-state index is -7.09. The van der Waals surface area contributed by atoms with E-state index >= 15 is 0 Å². The molecule has 0 N–H and O–H groups in total. The van der Waals surface area contributed by atoms with Crippen molar-refractivity contribution in [2.24, 2.45) is 0 Å². The highest BCUT2D eigenvalue weighted by Gasteiger charge is 2.62. The van der Waals surface area contributed by atoms with Crippen LogP contribution in [0.15, 0.2) is 33.6 Å². The maximum atomic E-state index is 13.3. The molecule has 0 radical (unpaired) electrons. The molecule has 0 aliphatic heterocycles. The van der Waals surface area contributed by atoms with Crippen LogP contribution in [0.25, 0.3) is 0 Å². The molecule has 0 bridgehead atoms. The first kappa shape index (κ1) is 29.0. The summed E-state index contributed by atoms with van der Waals surface area (Å²) in [5.74, 6) is 0. The normalized spacial score (nSPS) is 19.7. The average molecular weight is 581 g/mol. The van der Waals surface area contributed by atoms with Gasteiger partial charge in [0.2, 0.25) is 0 Å². The molecule has 1 aliphatic carbocycles. The van der Waals surface area contributed by atoms with Crippen LogP contribution in [-0.2, 0) is 31.2 Å². The van der Waals surface area contributed by atoms with Gasteiger partial charge in [0, 0.05) is 13.5 Å². The van der Waals surface area contributed by atoms with Gasteiger partial charge < -0.3 is 9.26 Å². The Morgan fingerprint density at radius 1 is 1.00 bits per heavy atom. The zero-order chi connectivity index (χ0) is 28.0. The maximum absolute atomic E-state index is 13.3. The maximum Gasteiger partial charge on any atom is 0.517 e. The fourth-order valence-electron chi connectivity index (χ4n) is 4.24. The fraction of sp³-hybridized carbons (Fsp3) is 0.550. The van der Waals surface area contributed by atoms with Crippen LogP contribution in [0.2, 0.25) is 0 Å². The molecule has 9 nitrogen and oxygen atoms in total. The Morgan fingerprint density at radius 3 is 2.08 bits per heavy atom. The Bertz CT molecular complexity index is 1370. The zero-order valence-corrected chi connectivity index (χ0v) is 21.0. The minimum Gasteiger partial charge on any atom is -0.379 e. The van der Waals surface area contributed by atoms with Gasteiger partial charge in [-0.15, -0.1) is 3.71 Å². The van der Waals surface area contributed by atoms with Gasteiger partial charge in [0.05, 0.1) is 29.1 Å². The molecule has 1 fully saturated rings. The van der Waals surface area contributed by atoms with Crippen molar-refractivity contribution in [2.45, 2.75) is 62.2 Å². The Balaban J connectivity index is 2.18. The average Bonchev–Trinajstić information content (AvgIpc) is 3.06. The Morgan fingerprint density at radius 2 is 1.54 bits per heavy atom. The molecule has 1 saturated carbocycles. The number of rotatable bonds is 7. The summed E-state index contributed by atoms with van der Waals surface area (Å²) in [5.41, 5.74) is -15.8. The van der Waals surface area contributed by atoms with Gasteiger partial charge in [-0.2, -0.15) is 43.2 Å². The van der Waals surface area contributed by atoms with Crippen LogP contribution in [0.4, 0.5) is 32.0 Å². The number of ether oxygens (including phenoxy) is 1. The number of hydrogen-bond donors (Lipinski definition) is 0. The molecule has 17 heteroatoms. The molecule has 2 unspecified atom stereocenters. The second-order valence-electron chi connectivity index (χ2n) is 8.30. The van der Waals surface area contributed by atoms with Gasteiger partial charge >= 0.3 is 36.7 Å². The summed E-state index contributed by atoms with van der Waals surface area (Å²) >= 11 is 0. The number of benzene rings is 1. The molecule has 0 spiro atoms. The van der Waals surface area contributed by atoms with Gasteiger partial charge in [0.1, 0.15) is 0 Å². The number of halogens is 6. The lowest BCUT2D eigenvalue weighted by Gasteiger charge is -2.30. The lowest BCUT2D eigenvalue weighted by Crippen LogP contribution is -2.49. The molecule has 208 valence electrons. The number of methoxy groups -OCH3 is 1. The molecular weight excluding hydrogens is 558 g/mol. The van der Waals surface area contributed by atoms with Gasteiger partial charge in [-0.05, 0) is 31.4 Å². The zero-order valence-electron chi connectivity index (χ0n) is 19.3. The summed E-state index contributed by atoms with van der Waals surface area (Å²) in [4.78, 5) is 12.7. The van der Waals surface area contributed by atoms with Crippen molar-refractivity contribution in [3.05, 3.63) is 51.5 Å². The van der Waals surface area contributed by atoms with E-state index in [4.69, 9.17) is 9.26 Å². The SMILES string of the molecule is COC1CCCCC1n1oc(=O)c(Cc2ccccc2N(S(=O)(=O)C(F)(F)F)S(=O)(=O)C(F)(F)F)c1C. The molecule has 37 heavy (non-hydrogen) atoms. The highest BCUT2D eigenvalue weighted by atomic mass is 32.3. The summed E-state index contributed by atoms with van der Waals surface area (Å²) in [5, 5.41) is 0. The molecule has 1 aromatic carbocycles. The molecule has 2 aromatic rings. The van der Waals surface area contributed by atoms with Crippen molar-refractivity contribution in [1.82, 2.24) is 4.74 Å². The summed E-state index contributed by atoms with van der Waals surface area (Å²) in [6.07, 6.45) is 1.81. The standard InChI is InChI=1S/C20H22F6N2O7S2/c1-12-14(18(29)35-27(12)16-9-5-6-10-17(16)34-2)11-13-7-3-4-8-15(13)28(36(30,31)19(21,22)23)37(32,33)20(24,25)26/h3-4,7-8,16-17H,5-6,9-11H2,1-2H3. The number of aromatic nitrogens is 1. The summed E-state index contributed by atoms with van der Waals surface area (Å²) in [7, 11) is -12.7. The third-order valence-corrected chi connectivity index (χ3v) is 9.66. The van der Waals surface area contributed by atoms with Crippen molar-refractivity contribution in [3.63, 3.8) is 0 Å². The lowest BCUT2D eigenvalue weighted by atomic mass is 9.92. The van der Waals surface area contributed by atoms with Crippen LogP contribution in [0.1, 0.15) is 48.5 Å². The monoisotopic (exact) mass is 580 g/mol. The van der Waals surface area contributed by atoms with Gasteiger partial charge in [0.25, 0.3) is 0 Å². The van der Waals surface area contributed by atoms with E-state index in [9.17, 15) is 48.0 Å². The summed E-state index contributed by atoms with van der Waals surface area (Å²) in [6, 6.07) is 2.96. The van der Waals surface area contributed by atoms with Crippen molar-refractivity contribution in [3.8, 4) is 0 Å². The summed E-state index contributed by atoms with van der Waals surface area (Å²) in [6.45, 7) is 1.43. The van der Waals surface area contributed by atoms with Crippen molar-refractivity contribution in [1.29, 1.82) is 0 Å². The highest BCUT2D eigenvalue weighted by molar-refractivity contribution is 8.11. The highest BCUT2D eigenvalue weighted by Crippen LogP contribution is 2.40. The summed E-state index contributed by atoms with van der Waals surface area (Å²) < 4.78 is 139. The van der Waals surface area contributed by atoms with E-state index in [0.29, 0.717) is 18.9 Å². The first-order chi connectivity index (χ1) is 16.9. The number of nitrogens with zero attached hydrogens (tertiary/aromatic N) is 2. The van der Waals surface area contributed by atoms with E-state index < -0.39 is 64.1 Å². The van der Waals surface area contributed by atoms with Crippen molar-refractivity contribution < 1.29 is 52.4 Å². The van der Waals surface area contributed by atoms with Crippen LogP contribution in [0.3, 0.4) is 0 Å². The molecule has 1 aromatic heterocycles. The molecule has 1 aliphatic rings. The van der Waals surface area contributed by atoms with Crippen molar-refractivity contribution in [2.75, 3.05) is 10.8 Å². The fourth-order valence-corrected chi connectivity index (χ4v) is 7.03. The molecule has 0 amide bonds. The van der Waals surface area contributed by atoms with E-state index in [-0.39, 0.29) is 17.4 Å². The molecule has 1 heterocycles. The predicted octanol–water partition coefficient (Wildman–Crippen LogP) is 3.98. The Labute approximate surface area is 207 Å². The third-order valence-electron chi connectivity index (χ3n) is 6.04. The third kappa shape index (κ3) is 5.25. The Kier molecular flexibility index (Phi) is 7.83. The largest absolute Gasteiger partial charge is 0.517 e.